The van der Waals surface area contributed by atoms with Crippen molar-refractivity contribution in [3.05, 3.63) is 76.9 Å². The normalized spacial score (nSPS) is 11.9. The number of rotatable bonds is 4. The third kappa shape index (κ3) is 4.92. The first-order valence-electron chi connectivity index (χ1n) is 7.88. The summed E-state index contributed by atoms with van der Waals surface area (Å²) in [5.74, 6) is -0.359. The molecule has 2 aromatic carbocycles. The van der Waals surface area contributed by atoms with E-state index in [1.54, 1.807) is 37.3 Å². The zero-order chi connectivity index (χ0) is 17.7. The number of ether oxygens (including phenoxy) is 1. The van der Waals surface area contributed by atoms with Crippen LogP contribution in [-0.2, 0) is 9.53 Å². The van der Waals surface area contributed by atoms with Gasteiger partial charge in [0.2, 0.25) is 0 Å². The Kier molecular flexibility index (Phi) is 5.35. The van der Waals surface area contributed by atoms with Crippen molar-refractivity contribution in [3.63, 3.8) is 0 Å². The van der Waals surface area contributed by atoms with Gasteiger partial charge in [-0.15, -0.1) is 0 Å². The number of carbonyl (C=O) groups is 2. The molecule has 0 aliphatic rings. The number of ketones is 1. The molecule has 0 radical (unpaired) electrons. The molecule has 0 aromatic heterocycles. The van der Waals surface area contributed by atoms with Gasteiger partial charge in [-0.1, -0.05) is 54.6 Å². The number of benzene rings is 2. The fraction of sp³-hybridized carbons (Fsp3) is 0.238. The van der Waals surface area contributed by atoms with Gasteiger partial charge >= 0.3 is 5.97 Å². The summed E-state index contributed by atoms with van der Waals surface area (Å²) in [6.07, 6.45) is 1.75. The van der Waals surface area contributed by atoms with Crippen LogP contribution in [0.4, 0.5) is 0 Å². The van der Waals surface area contributed by atoms with Crippen LogP contribution in [0.25, 0.3) is 6.08 Å². The van der Waals surface area contributed by atoms with E-state index in [1.165, 1.54) is 0 Å². The van der Waals surface area contributed by atoms with Crippen LogP contribution in [0, 0.1) is 0 Å². The Balaban J connectivity index is 2.13. The van der Waals surface area contributed by atoms with Crippen molar-refractivity contribution in [3.8, 4) is 0 Å². The van der Waals surface area contributed by atoms with Crippen LogP contribution in [0.3, 0.4) is 0 Å². The van der Waals surface area contributed by atoms with Crippen LogP contribution in [0.1, 0.15) is 49.2 Å². The van der Waals surface area contributed by atoms with Crippen molar-refractivity contribution < 1.29 is 14.3 Å². The van der Waals surface area contributed by atoms with Gasteiger partial charge in [0.05, 0.1) is 0 Å². The Hall–Kier alpha value is -2.68. The maximum atomic E-state index is 12.4. The summed E-state index contributed by atoms with van der Waals surface area (Å²) in [4.78, 5) is 24.3. The second-order valence-corrected chi connectivity index (χ2v) is 6.65. The van der Waals surface area contributed by atoms with Crippen molar-refractivity contribution in [2.24, 2.45) is 0 Å². The second-order valence-electron chi connectivity index (χ2n) is 6.65. The molecule has 0 N–H and O–H groups in total. The van der Waals surface area contributed by atoms with E-state index in [9.17, 15) is 9.59 Å². The molecular weight excluding hydrogens is 300 g/mol. The fourth-order valence-electron chi connectivity index (χ4n) is 2.15. The quantitative estimate of drug-likeness (QED) is 0.467. The Bertz CT molecular complexity index is 748. The highest BCUT2D eigenvalue weighted by Crippen LogP contribution is 2.15. The summed E-state index contributed by atoms with van der Waals surface area (Å²) in [6.45, 7) is 7.23. The third-order valence-electron chi connectivity index (χ3n) is 3.31. The molecule has 0 spiro atoms. The van der Waals surface area contributed by atoms with E-state index in [0.717, 1.165) is 5.56 Å². The summed E-state index contributed by atoms with van der Waals surface area (Å²) in [6, 6.07) is 16.3. The van der Waals surface area contributed by atoms with Gasteiger partial charge in [-0.05, 0) is 39.3 Å². The van der Waals surface area contributed by atoms with E-state index in [2.05, 4.69) is 0 Å². The highest BCUT2D eigenvalue weighted by atomic mass is 16.6. The SMILES string of the molecule is C/C(=C\c1ccc(C(=O)c2ccccc2)cc1)C(=O)OC(C)(C)C. The summed E-state index contributed by atoms with van der Waals surface area (Å²) in [5.41, 5.74) is 2.13. The van der Waals surface area contributed by atoms with Gasteiger partial charge in [0.25, 0.3) is 0 Å². The third-order valence-corrected chi connectivity index (χ3v) is 3.31. The van der Waals surface area contributed by atoms with E-state index in [-0.39, 0.29) is 11.8 Å². The van der Waals surface area contributed by atoms with Gasteiger partial charge in [-0.3, -0.25) is 4.79 Å². The lowest BCUT2D eigenvalue weighted by atomic mass is 10.0. The molecule has 124 valence electrons. The number of hydrogen-bond donors (Lipinski definition) is 0. The van der Waals surface area contributed by atoms with Crippen molar-refractivity contribution in [2.45, 2.75) is 33.3 Å². The van der Waals surface area contributed by atoms with Crippen LogP contribution in [0.5, 0.6) is 0 Å². The van der Waals surface area contributed by atoms with E-state index < -0.39 is 5.60 Å². The molecule has 0 amide bonds. The molecule has 0 aliphatic heterocycles. The average Bonchev–Trinajstić information content (AvgIpc) is 2.54. The number of hydrogen-bond acceptors (Lipinski definition) is 3. The summed E-state index contributed by atoms with van der Waals surface area (Å²) >= 11 is 0. The molecule has 3 nitrogen and oxygen atoms in total. The van der Waals surface area contributed by atoms with Gasteiger partial charge in [-0.2, -0.15) is 0 Å². The zero-order valence-electron chi connectivity index (χ0n) is 14.5. The van der Waals surface area contributed by atoms with Gasteiger partial charge in [-0.25, -0.2) is 4.79 Å². The minimum absolute atomic E-state index is 0.0185. The molecule has 0 fully saturated rings. The maximum absolute atomic E-state index is 12.4. The molecule has 24 heavy (non-hydrogen) atoms. The lowest BCUT2D eigenvalue weighted by Crippen LogP contribution is -2.24. The van der Waals surface area contributed by atoms with E-state index >= 15 is 0 Å². The van der Waals surface area contributed by atoms with Crippen molar-refractivity contribution in [1.29, 1.82) is 0 Å². The maximum Gasteiger partial charge on any atom is 0.334 e. The van der Waals surface area contributed by atoms with Gasteiger partial charge in [0, 0.05) is 16.7 Å². The zero-order valence-corrected chi connectivity index (χ0v) is 14.5. The lowest BCUT2D eigenvalue weighted by Gasteiger charge is -2.19. The highest BCUT2D eigenvalue weighted by Gasteiger charge is 2.17. The molecule has 0 unspecified atom stereocenters. The molecule has 0 saturated carbocycles. The van der Waals surface area contributed by atoms with Crippen LogP contribution in [0.15, 0.2) is 60.2 Å². The monoisotopic (exact) mass is 322 g/mol. The average molecular weight is 322 g/mol. The molecule has 2 aromatic rings. The molecule has 0 atom stereocenters. The second kappa shape index (κ2) is 7.26. The Morgan fingerprint density at radius 3 is 1.96 bits per heavy atom. The molecule has 0 aliphatic carbocycles. The topological polar surface area (TPSA) is 43.4 Å². The van der Waals surface area contributed by atoms with Crippen LogP contribution in [-0.4, -0.2) is 17.4 Å². The Morgan fingerprint density at radius 1 is 0.875 bits per heavy atom. The predicted octanol–water partition coefficient (Wildman–Crippen LogP) is 4.66. The fourth-order valence-corrected chi connectivity index (χ4v) is 2.15. The number of esters is 1. The molecule has 3 heteroatoms. The summed E-state index contributed by atoms with van der Waals surface area (Å²) < 4.78 is 5.33. The standard InChI is InChI=1S/C21H22O3/c1-15(20(23)24-21(2,3)4)14-16-10-12-18(13-11-16)19(22)17-8-6-5-7-9-17/h5-14H,1-4H3/b15-14+. The smallest absolute Gasteiger partial charge is 0.334 e. The Labute approximate surface area is 143 Å². The van der Waals surface area contributed by atoms with Crippen LogP contribution in [0.2, 0.25) is 0 Å². The van der Waals surface area contributed by atoms with Crippen molar-refractivity contribution >= 4 is 17.8 Å². The molecule has 0 bridgehead atoms. The molecule has 0 saturated heterocycles. The van der Waals surface area contributed by atoms with Gasteiger partial charge in [0.1, 0.15) is 5.60 Å². The predicted molar refractivity (Wildman–Crippen MR) is 95.8 cm³/mol. The highest BCUT2D eigenvalue weighted by molar-refractivity contribution is 6.09. The molecule has 0 heterocycles. The summed E-state index contributed by atoms with van der Waals surface area (Å²) in [5, 5.41) is 0. The van der Waals surface area contributed by atoms with Gasteiger partial charge < -0.3 is 4.74 Å². The van der Waals surface area contributed by atoms with Crippen molar-refractivity contribution in [2.75, 3.05) is 0 Å². The lowest BCUT2D eigenvalue weighted by molar-refractivity contribution is -0.149. The molecule has 2 rings (SSSR count). The first kappa shape index (κ1) is 17.7. The minimum atomic E-state index is -0.516. The molecular formula is C21H22O3. The minimum Gasteiger partial charge on any atom is -0.457 e. The van der Waals surface area contributed by atoms with Crippen LogP contribution < -0.4 is 0 Å². The van der Waals surface area contributed by atoms with Gasteiger partial charge in [0.15, 0.2) is 5.78 Å². The largest absolute Gasteiger partial charge is 0.457 e. The first-order chi connectivity index (χ1) is 11.3. The van der Waals surface area contributed by atoms with Crippen LogP contribution >= 0.6 is 0 Å². The number of carbonyl (C=O) groups excluding carboxylic acids is 2. The Morgan fingerprint density at radius 2 is 1.42 bits per heavy atom. The van der Waals surface area contributed by atoms with Crippen molar-refractivity contribution in [1.82, 2.24) is 0 Å². The van der Waals surface area contributed by atoms with E-state index in [1.807, 2.05) is 51.1 Å². The first-order valence-corrected chi connectivity index (χ1v) is 7.88. The van der Waals surface area contributed by atoms with E-state index in [4.69, 9.17) is 4.74 Å². The van der Waals surface area contributed by atoms with E-state index in [0.29, 0.717) is 16.7 Å². The summed E-state index contributed by atoms with van der Waals surface area (Å²) in [7, 11) is 0.